The zero-order chi connectivity index (χ0) is 11.7. The highest BCUT2D eigenvalue weighted by Crippen LogP contribution is 2.33. The molecule has 4 heteroatoms. The summed E-state index contributed by atoms with van der Waals surface area (Å²) in [5.41, 5.74) is 11.9. The number of rotatable bonds is 4. The molecule has 0 heterocycles. The van der Waals surface area contributed by atoms with Gasteiger partial charge in [-0.1, -0.05) is 12.1 Å². The highest BCUT2D eigenvalue weighted by molar-refractivity contribution is 6.07. The quantitative estimate of drug-likeness (QED) is 0.784. The van der Waals surface area contributed by atoms with E-state index in [9.17, 15) is 9.59 Å². The first-order valence-corrected chi connectivity index (χ1v) is 5.31. The van der Waals surface area contributed by atoms with Crippen molar-refractivity contribution in [3.8, 4) is 0 Å². The predicted octanol–water partition coefficient (Wildman–Crippen LogP) is 0.837. The first-order valence-electron chi connectivity index (χ1n) is 5.31. The fraction of sp³-hybridized carbons (Fsp3) is 0.333. The van der Waals surface area contributed by atoms with E-state index in [1.54, 1.807) is 12.1 Å². The highest BCUT2D eigenvalue weighted by atomic mass is 16.2. The van der Waals surface area contributed by atoms with Crippen molar-refractivity contribution in [2.45, 2.75) is 19.3 Å². The van der Waals surface area contributed by atoms with Gasteiger partial charge >= 0.3 is 0 Å². The molecule has 0 atom stereocenters. The van der Waals surface area contributed by atoms with Crippen LogP contribution < -0.4 is 11.5 Å². The summed E-state index contributed by atoms with van der Waals surface area (Å²) in [4.78, 5) is 22.6. The Labute approximate surface area is 93.6 Å². The molecule has 0 aromatic heterocycles. The van der Waals surface area contributed by atoms with Crippen LogP contribution >= 0.6 is 0 Å². The third-order valence-corrected chi connectivity index (χ3v) is 2.87. The smallest absolute Gasteiger partial charge is 0.249 e. The Bertz CT molecular complexity index is 450. The first kappa shape index (κ1) is 10.7. The van der Waals surface area contributed by atoms with Crippen molar-refractivity contribution in [3.05, 3.63) is 34.9 Å². The molecule has 1 aromatic carbocycles. The van der Waals surface area contributed by atoms with Crippen LogP contribution in [0.25, 0.3) is 0 Å². The van der Waals surface area contributed by atoms with Crippen LogP contribution in [0.15, 0.2) is 18.2 Å². The zero-order valence-corrected chi connectivity index (χ0v) is 8.90. The molecule has 1 fully saturated rings. The van der Waals surface area contributed by atoms with Crippen LogP contribution in [0.5, 0.6) is 0 Å². The molecule has 0 bridgehead atoms. The molecule has 16 heavy (non-hydrogen) atoms. The Morgan fingerprint density at radius 2 is 1.88 bits per heavy atom. The molecule has 0 aliphatic heterocycles. The van der Waals surface area contributed by atoms with Crippen LogP contribution in [0.1, 0.15) is 39.1 Å². The largest absolute Gasteiger partial charge is 0.366 e. The van der Waals surface area contributed by atoms with Crippen LogP contribution in [-0.4, -0.2) is 11.8 Å². The molecule has 1 aliphatic rings. The van der Waals surface area contributed by atoms with Gasteiger partial charge in [0.25, 0.3) is 0 Å². The van der Waals surface area contributed by atoms with E-state index in [0.29, 0.717) is 11.5 Å². The van der Waals surface area contributed by atoms with Crippen LogP contribution in [-0.2, 0) is 6.42 Å². The lowest BCUT2D eigenvalue weighted by Crippen LogP contribution is -2.22. The van der Waals surface area contributed by atoms with E-state index in [-0.39, 0.29) is 5.56 Å². The van der Waals surface area contributed by atoms with Crippen molar-refractivity contribution in [2.75, 3.05) is 0 Å². The molecule has 2 rings (SSSR count). The number of carbonyl (C=O) groups excluding carboxylic acids is 2. The van der Waals surface area contributed by atoms with Gasteiger partial charge in [0.15, 0.2) is 0 Å². The number of amides is 2. The van der Waals surface area contributed by atoms with Crippen LogP contribution in [0.3, 0.4) is 0 Å². The Hall–Kier alpha value is -1.84. The number of hydrogen-bond acceptors (Lipinski definition) is 2. The van der Waals surface area contributed by atoms with Gasteiger partial charge in [0, 0.05) is 0 Å². The predicted molar refractivity (Wildman–Crippen MR) is 59.9 cm³/mol. The summed E-state index contributed by atoms with van der Waals surface area (Å²) in [6.45, 7) is 0. The average Bonchev–Trinajstić information content (AvgIpc) is 3.00. The molecule has 1 aromatic rings. The third-order valence-electron chi connectivity index (χ3n) is 2.87. The maximum atomic E-state index is 11.4. The third kappa shape index (κ3) is 2.05. The maximum Gasteiger partial charge on any atom is 0.249 e. The van der Waals surface area contributed by atoms with Crippen molar-refractivity contribution in [2.24, 2.45) is 17.4 Å². The fourth-order valence-electron chi connectivity index (χ4n) is 1.90. The van der Waals surface area contributed by atoms with Gasteiger partial charge in [0.05, 0.1) is 11.1 Å². The van der Waals surface area contributed by atoms with E-state index in [2.05, 4.69) is 0 Å². The summed E-state index contributed by atoms with van der Waals surface area (Å²) in [6.07, 6.45) is 3.16. The second-order valence-corrected chi connectivity index (χ2v) is 4.22. The molecular formula is C12H14N2O2. The molecule has 84 valence electrons. The van der Waals surface area contributed by atoms with Gasteiger partial charge in [0.2, 0.25) is 11.8 Å². The van der Waals surface area contributed by atoms with Gasteiger partial charge in [-0.2, -0.15) is 0 Å². The Kier molecular flexibility index (Phi) is 2.64. The van der Waals surface area contributed by atoms with Crippen molar-refractivity contribution >= 4 is 11.8 Å². The summed E-state index contributed by atoms with van der Waals surface area (Å²) in [5.74, 6) is -0.558. The zero-order valence-electron chi connectivity index (χ0n) is 8.90. The SMILES string of the molecule is NC(=O)c1cccc(CC2CC2)c1C(N)=O. The number of primary amides is 2. The number of benzene rings is 1. The Morgan fingerprint density at radius 1 is 1.19 bits per heavy atom. The normalized spacial score (nSPS) is 14.8. The van der Waals surface area contributed by atoms with Gasteiger partial charge in [-0.3, -0.25) is 9.59 Å². The van der Waals surface area contributed by atoms with Crippen molar-refractivity contribution in [3.63, 3.8) is 0 Å². The highest BCUT2D eigenvalue weighted by Gasteiger charge is 2.25. The summed E-state index contributed by atoms with van der Waals surface area (Å²) >= 11 is 0. The second-order valence-electron chi connectivity index (χ2n) is 4.22. The molecule has 0 unspecified atom stereocenters. The summed E-state index contributed by atoms with van der Waals surface area (Å²) in [5, 5.41) is 0. The molecule has 4 nitrogen and oxygen atoms in total. The average molecular weight is 218 g/mol. The summed E-state index contributed by atoms with van der Waals surface area (Å²) in [6, 6.07) is 5.12. The number of nitrogens with two attached hydrogens (primary N) is 2. The number of carbonyl (C=O) groups is 2. The minimum Gasteiger partial charge on any atom is -0.366 e. The van der Waals surface area contributed by atoms with Crippen molar-refractivity contribution < 1.29 is 9.59 Å². The molecule has 4 N–H and O–H groups in total. The van der Waals surface area contributed by atoms with Crippen LogP contribution in [0.2, 0.25) is 0 Å². The summed E-state index contributed by atoms with van der Waals surface area (Å²) < 4.78 is 0. The van der Waals surface area contributed by atoms with Crippen LogP contribution in [0.4, 0.5) is 0 Å². The van der Waals surface area contributed by atoms with E-state index in [1.807, 2.05) is 6.07 Å². The standard InChI is InChI=1S/C12H14N2O2/c13-11(15)9-3-1-2-8(6-7-4-5-7)10(9)12(14)16/h1-3,7H,4-6H2,(H2,13,15)(H2,14,16). The molecule has 1 aliphatic carbocycles. The van der Waals surface area contributed by atoms with E-state index in [0.717, 1.165) is 12.0 Å². The molecule has 0 saturated heterocycles. The molecular weight excluding hydrogens is 204 g/mol. The Morgan fingerprint density at radius 3 is 2.38 bits per heavy atom. The minimum absolute atomic E-state index is 0.227. The van der Waals surface area contributed by atoms with E-state index < -0.39 is 11.8 Å². The van der Waals surface area contributed by atoms with Crippen molar-refractivity contribution in [1.29, 1.82) is 0 Å². The van der Waals surface area contributed by atoms with Gasteiger partial charge < -0.3 is 11.5 Å². The van der Waals surface area contributed by atoms with E-state index >= 15 is 0 Å². The molecule has 2 amide bonds. The molecule has 0 radical (unpaired) electrons. The lowest BCUT2D eigenvalue weighted by atomic mass is 9.96. The topological polar surface area (TPSA) is 86.2 Å². The van der Waals surface area contributed by atoms with E-state index in [4.69, 9.17) is 11.5 Å². The molecule has 0 spiro atoms. The maximum absolute atomic E-state index is 11.4. The monoisotopic (exact) mass is 218 g/mol. The van der Waals surface area contributed by atoms with Gasteiger partial charge in [-0.15, -0.1) is 0 Å². The van der Waals surface area contributed by atoms with Crippen molar-refractivity contribution in [1.82, 2.24) is 0 Å². The number of hydrogen-bond donors (Lipinski definition) is 2. The van der Waals surface area contributed by atoms with Crippen LogP contribution in [0, 0.1) is 5.92 Å². The van der Waals surface area contributed by atoms with Gasteiger partial charge in [-0.25, -0.2) is 0 Å². The lowest BCUT2D eigenvalue weighted by Gasteiger charge is -2.09. The lowest BCUT2D eigenvalue weighted by molar-refractivity contribution is 0.0966. The molecule has 1 saturated carbocycles. The summed E-state index contributed by atoms with van der Waals surface area (Å²) in [7, 11) is 0. The Balaban J connectivity index is 2.45. The second kappa shape index (κ2) is 3.96. The van der Waals surface area contributed by atoms with Gasteiger partial charge in [0.1, 0.15) is 0 Å². The van der Waals surface area contributed by atoms with Gasteiger partial charge in [-0.05, 0) is 36.8 Å². The fourth-order valence-corrected chi connectivity index (χ4v) is 1.90. The van der Waals surface area contributed by atoms with E-state index in [1.165, 1.54) is 12.8 Å². The minimum atomic E-state index is -0.605. The first-order chi connectivity index (χ1) is 7.59.